The maximum Gasteiger partial charge on any atom is 0.231 e. The maximum absolute atomic E-state index is 5.47. The summed E-state index contributed by atoms with van der Waals surface area (Å²) in [5, 5.41) is 7.47. The van der Waals surface area contributed by atoms with Crippen molar-refractivity contribution in [2.45, 2.75) is 25.6 Å². The minimum atomic E-state index is 0.301. The smallest absolute Gasteiger partial charge is 0.231 e. The highest BCUT2D eigenvalue weighted by molar-refractivity contribution is 7.80. The molecule has 0 amide bonds. The van der Waals surface area contributed by atoms with E-state index in [1.54, 1.807) is 4.90 Å². The topological polar surface area (TPSA) is 47.0 Å². The van der Waals surface area contributed by atoms with Crippen LogP contribution in [0, 0.1) is 0 Å². The molecular weight excluding hydrogens is 346 g/mol. The van der Waals surface area contributed by atoms with Gasteiger partial charge in [-0.05, 0) is 29.9 Å². The van der Waals surface area contributed by atoms with Gasteiger partial charge in [-0.15, -0.1) is 0 Å². The summed E-state index contributed by atoms with van der Waals surface area (Å²) in [6.45, 7) is 4.33. The van der Waals surface area contributed by atoms with E-state index in [2.05, 4.69) is 41.0 Å². The third-order valence-electron chi connectivity index (χ3n) is 4.90. The summed E-state index contributed by atoms with van der Waals surface area (Å²) < 4.78 is 10.8. The van der Waals surface area contributed by atoms with Gasteiger partial charge in [0.2, 0.25) is 6.79 Å². The Balaban J connectivity index is 1.21. The van der Waals surface area contributed by atoms with Gasteiger partial charge in [-0.2, -0.15) is 0 Å². The molecule has 26 heavy (non-hydrogen) atoms. The lowest BCUT2D eigenvalue weighted by Gasteiger charge is -2.16. The van der Waals surface area contributed by atoms with Crippen molar-refractivity contribution in [2.75, 3.05) is 19.9 Å². The second-order valence-electron chi connectivity index (χ2n) is 6.87. The number of quaternary nitrogens is 1. The minimum Gasteiger partial charge on any atom is -0.454 e. The Morgan fingerprint density at radius 3 is 2.81 bits per heavy atom. The summed E-state index contributed by atoms with van der Waals surface area (Å²) in [6, 6.07) is 17.1. The molecule has 0 radical (unpaired) electrons. The van der Waals surface area contributed by atoms with Gasteiger partial charge in [0.1, 0.15) is 6.54 Å². The van der Waals surface area contributed by atoms with Gasteiger partial charge in [0.25, 0.3) is 0 Å². The lowest BCUT2D eigenvalue weighted by Crippen LogP contribution is -3.09. The van der Waals surface area contributed by atoms with Crippen molar-refractivity contribution in [1.29, 1.82) is 0 Å². The molecule has 1 fully saturated rings. The highest BCUT2D eigenvalue weighted by Crippen LogP contribution is 2.32. The molecule has 3 N–H and O–H groups in total. The van der Waals surface area contributed by atoms with E-state index in [0.717, 1.165) is 36.6 Å². The van der Waals surface area contributed by atoms with Crippen molar-refractivity contribution in [3.8, 4) is 11.5 Å². The largest absolute Gasteiger partial charge is 0.454 e. The first-order valence-electron chi connectivity index (χ1n) is 9.06. The van der Waals surface area contributed by atoms with Gasteiger partial charge in [0, 0.05) is 18.5 Å². The second-order valence-corrected chi connectivity index (χ2v) is 7.27. The first-order valence-corrected chi connectivity index (χ1v) is 9.47. The fourth-order valence-electron chi connectivity index (χ4n) is 3.57. The average Bonchev–Trinajstić information content (AvgIpc) is 3.29. The number of likely N-dealkylation sites (tertiary alicyclic amines) is 1. The van der Waals surface area contributed by atoms with Crippen LogP contribution >= 0.6 is 12.2 Å². The van der Waals surface area contributed by atoms with Gasteiger partial charge in [-0.1, -0.05) is 36.4 Å². The van der Waals surface area contributed by atoms with Crippen LogP contribution in [-0.4, -0.2) is 31.0 Å². The van der Waals surface area contributed by atoms with Gasteiger partial charge < -0.3 is 25.0 Å². The van der Waals surface area contributed by atoms with Crippen LogP contribution in [0.5, 0.6) is 11.5 Å². The second kappa shape index (κ2) is 7.93. The van der Waals surface area contributed by atoms with Gasteiger partial charge in [0.05, 0.1) is 19.1 Å². The first-order chi connectivity index (χ1) is 12.8. The molecule has 0 spiro atoms. The number of benzene rings is 2. The Hall–Kier alpha value is -2.31. The monoisotopic (exact) mass is 370 g/mol. The van der Waals surface area contributed by atoms with E-state index in [0.29, 0.717) is 24.5 Å². The summed E-state index contributed by atoms with van der Waals surface area (Å²) in [4.78, 5) is 1.60. The highest BCUT2D eigenvalue weighted by Gasteiger charge is 2.26. The van der Waals surface area contributed by atoms with E-state index in [-0.39, 0.29) is 0 Å². The molecule has 0 aromatic heterocycles. The Labute approximate surface area is 159 Å². The first kappa shape index (κ1) is 17.1. The quantitative estimate of drug-likeness (QED) is 0.692. The molecule has 0 saturated carbocycles. The summed E-state index contributed by atoms with van der Waals surface area (Å²) in [5.41, 5.74) is 2.52. The zero-order chi connectivity index (χ0) is 17.8. The van der Waals surface area contributed by atoms with Crippen molar-refractivity contribution < 1.29 is 14.4 Å². The molecule has 2 aromatic rings. The maximum atomic E-state index is 5.47. The van der Waals surface area contributed by atoms with E-state index < -0.39 is 0 Å². The van der Waals surface area contributed by atoms with E-state index in [4.69, 9.17) is 21.7 Å². The third kappa shape index (κ3) is 4.26. The molecule has 2 aliphatic heterocycles. The Kier molecular flexibility index (Phi) is 5.22. The van der Waals surface area contributed by atoms with Crippen LogP contribution < -0.4 is 25.0 Å². The Morgan fingerprint density at radius 1 is 1.08 bits per heavy atom. The van der Waals surface area contributed by atoms with Gasteiger partial charge >= 0.3 is 0 Å². The third-order valence-corrected chi connectivity index (χ3v) is 5.17. The number of hydrogen-bond donors (Lipinski definition) is 3. The standard InChI is InChI=1S/C20H23N3O2S/c26-20(21-11-16-6-7-18-19(10-16)25-14-24-18)22-17-8-9-23(13-17)12-15-4-2-1-3-5-15/h1-7,10,17H,8-9,11-14H2,(H2,21,22,26)/p+1/t17-/m0/s1. The van der Waals surface area contributed by atoms with E-state index in [1.165, 1.54) is 12.1 Å². The van der Waals surface area contributed by atoms with Crippen molar-refractivity contribution in [2.24, 2.45) is 0 Å². The molecule has 0 bridgehead atoms. The Morgan fingerprint density at radius 2 is 1.92 bits per heavy atom. The number of hydrogen-bond acceptors (Lipinski definition) is 3. The van der Waals surface area contributed by atoms with Gasteiger partial charge in [0.15, 0.2) is 16.6 Å². The predicted molar refractivity (Wildman–Crippen MR) is 104 cm³/mol. The average molecular weight is 370 g/mol. The molecule has 2 atom stereocenters. The summed E-state index contributed by atoms with van der Waals surface area (Å²) in [7, 11) is 0. The lowest BCUT2D eigenvalue weighted by atomic mass is 10.2. The zero-order valence-electron chi connectivity index (χ0n) is 14.7. The molecule has 2 aliphatic rings. The molecular formula is C20H24N3O2S+. The van der Waals surface area contributed by atoms with Gasteiger partial charge in [-0.25, -0.2) is 0 Å². The molecule has 1 unspecified atom stereocenters. The predicted octanol–water partition coefficient (Wildman–Crippen LogP) is 1.24. The minimum absolute atomic E-state index is 0.301. The van der Waals surface area contributed by atoms with Crippen LogP contribution in [0.25, 0.3) is 0 Å². The van der Waals surface area contributed by atoms with Crippen molar-refractivity contribution in [3.63, 3.8) is 0 Å². The van der Waals surface area contributed by atoms with Crippen molar-refractivity contribution in [3.05, 3.63) is 59.7 Å². The van der Waals surface area contributed by atoms with Gasteiger partial charge in [-0.3, -0.25) is 0 Å². The van der Waals surface area contributed by atoms with Crippen LogP contribution in [0.2, 0.25) is 0 Å². The number of fused-ring (bicyclic) bond motifs is 1. The molecule has 4 rings (SSSR count). The molecule has 5 nitrogen and oxygen atoms in total. The summed E-state index contributed by atoms with van der Waals surface area (Å²) in [6.07, 6.45) is 1.15. The van der Waals surface area contributed by atoms with Crippen molar-refractivity contribution in [1.82, 2.24) is 10.6 Å². The molecule has 2 aromatic carbocycles. The van der Waals surface area contributed by atoms with Crippen LogP contribution in [0.15, 0.2) is 48.5 Å². The van der Waals surface area contributed by atoms with Crippen molar-refractivity contribution >= 4 is 17.3 Å². The number of ether oxygens (including phenoxy) is 2. The van der Waals surface area contributed by atoms with E-state index in [1.807, 2.05) is 18.2 Å². The fraction of sp³-hybridized carbons (Fsp3) is 0.350. The number of rotatable bonds is 5. The SMILES string of the molecule is S=C(NCc1ccc2c(c1)OCO2)N[C@H]1CC[NH+](Cc2ccccc2)C1. The molecule has 6 heteroatoms. The van der Waals surface area contributed by atoms with Crippen LogP contribution in [0.4, 0.5) is 0 Å². The number of nitrogens with one attached hydrogen (secondary N) is 3. The van der Waals surface area contributed by atoms with Crippen LogP contribution in [0.3, 0.4) is 0 Å². The van der Waals surface area contributed by atoms with Crippen LogP contribution in [-0.2, 0) is 13.1 Å². The number of thiocarbonyl (C=S) groups is 1. The molecule has 136 valence electrons. The highest BCUT2D eigenvalue weighted by atomic mass is 32.1. The summed E-state index contributed by atoms with van der Waals surface area (Å²) in [5.74, 6) is 1.61. The molecule has 1 saturated heterocycles. The Bertz CT molecular complexity index is 769. The zero-order valence-corrected chi connectivity index (χ0v) is 15.5. The summed E-state index contributed by atoms with van der Waals surface area (Å²) >= 11 is 5.47. The van der Waals surface area contributed by atoms with E-state index >= 15 is 0 Å². The molecule has 2 heterocycles. The lowest BCUT2D eigenvalue weighted by molar-refractivity contribution is -0.901. The fourth-order valence-corrected chi connectivity index (χ4v) is 3.81. The normalized spacial score (nSPS) is 20.8. The van der Waals surface area contributed by atoms with Crippen LogP contribution in [0.1, 0.15) is 17.5 Å². The van der Waals surface area contributed by atoms with E-state index in [9.17, 15) is 0 Å². The molecule has 0 aliphatic carbocycles.